The molecule has 2 N–H and O–H groups in total. The summed E-state index contributed by atoms with van der Waals surface area (Å²) in [5, 5.41) is 8.51. The highest BCUT2D eigenvalue weighted by Gasteiger charge is 2.17. The lowest BCUT2D eigenvalue weighted by Crippen LogP contribution is -2.12. The van der Waals surface area contributed by atoms with Gasteiger partial charge >= 0.3 is 0 Å². The summed E-state index contributed by atoms with van der Waals surface area (Å²) < 4.78 is 15.0. The lowest BCUT2D eigenvalue weighted by Gasteiger charge is -2.09. The van der Waals surface area contributed by atoms with Crippen molar-refractivity contribution in [3.05, 3.63) is 40.4 Å². The van der Waals surface area contributed by atoms with E-state index >= 15 is 0 Å². The molecule has 1 aromatic heterocycles. The van der Waals surface area contributed by atoms with Crippen molar-refractivity contribution in [1.82, 2.24) is 15.0 Å². The van der Waals surface area contributed by atoms with E-state index in [0.29, 0.717) is 17.1 Å². The zero-order valence-electron chi connectivity index (χ0n) is 10.9. The highest BCUT2D eigenvalue weighted by Crippen LogP contribution is 2.22. The minimum Gasteiger partial charge on any atom is -0.323 e. The van der Waals surface area contributed by atoms with E-state index in [1.54, 1.807) is 10.7 Å². The largest absolute Gasteiger partial charge is 0.323 e. The highest BCUT2D eigenvalue weighted by atomic mass is 35.5. The van der Waals surface area contributed by atoms with Gasteiger partial charge in [-0.05, 0) is 31.0 Å². The van der Waals surface area contributed by atoms with Crippen LogP contribution in [0.1, 0.15) is 37.7 Å². The molecule has 0 aliphatic rings. The first-order valence-electron chi connectivity index (χ1n) is 6.23. The van der Waals surface area contributed by atoms with Crippen LogP contribution in [0.15, 0.2) is 18.2 Å². The van der Waals surface area contributed by atoms with Crippen LogP contribution in [-0.4, -0.2) is 15.0 Å². The quantitative estimate of drug-likeness (QED) is 0.938. The molecular weight excluding hydrogens is 267 g/mol. The van der Waals surface area contributed by atoms with Crippen molar-refractivity contribution in [2.75, 3.05) is 0 Å². The molecule has 0 saturated heterocycles. The maximum Gasteiger partial charge on any atom is 0.126 e. The molecule has 0 radical (unpaired) electrons. The van der Waals surface area contributed by atoms with Gasteiger partial charge in [0, 0.05) is 5.02 Å². The number of rotatable bonds is 4. The fourth-order valence-corrected chi connectivity index (χ4v) is 2.21. The Morgan fingerprint density at radius 3 is 2.68 bits per heavy atom. The Labute approximate surface area is 116 Å². The third-order valence-electron chi connectivity index (χ3n) is 3.01. The third kappa shape index (κ3) is 2.77. The fraction of sp³-hybridized carbons (Fsp3) is 0.385. The summed E-state index contributed by atoms with van der Waals surface area (Å²) >= 11 is 5.87. The second-order valence-corrected chi connectivity index (χ2v) is 4.77. The Kier molecular flexibility index (Phi) is 4.17. The van der Waals surface area contributed by atoms with Gasteiger partial charge in [-0.15, -0.1) is 5.10 Å². The summed E-state index contributed by atoms with van der Waals surface area (Å²) in [6.07, 6.45) is 1.49. The van der Waals surface area contributed by atoms with Crippen molar-refractivity contribution in [3.63, 3.8) is 0 Å². The second kappa shape index (κ2) is 5.67. The van der Waals surface area contributed by atoms with Crippen molar-refractivity contribution >= 4 is 11.6 Å². The van der Waals surface area contributed by atoms with Crippen LogP contribution in [0.4, 0.5) is 4.39 Å². The summed E-state index contributed by atoms with van der Waals surface area (Å²) in [5.74, 6) is -0.401. The summed E-state index contributed by atoms with van der Waals surface area (Å²) in [4.78, 5) is 0. The molecule has 1 heterocycles. The highest BCUT2D eigenvalue weighted by molar-refractivity contribution is 6.30. The number of hydrogen-bond acceptors (Lipinski definition) is 3. The van der Waals surface area contributed by atoms with Gasteiger partial charge in [0.05, 0.1) is 17.4 Å². The van der Waals surface area contributed by atoms with Crippen LogP contribution in [0.2, 0.25) is 5.02 Å². The van der Waals surface area contributed by atoms with Crippen molar-refractivity contribution < 1.29 is 4.39 Å². The molecule has 2 rings (SSSR count). The van der Waals surface area contributed by atoms with Crippen LogP contribution in [0.5, 0.6) is 0 Å². The average Bonchev–Trinajstić information content (AvgIpc) is 2.80. The zero-order chi connectivity index (χ0) is 14.0. The first-order chi connectivity index (χ1) is 9.06. The predicted octanol–water partition coefficient (Wildman–Crippen LogP) is 3.03. The molecule has 1 atom stereocenters. The maximum atomic E-state index is 13.4. The van der Waals surface area contributed by atoms with Crippen molar-refractivity contribution in [1.29, 1.82) is 0 Å². The van der Waals surface area contributed by atoms with Crippen LogP contribution in [0.25, 0.3) is 5.69 Å². The van der Waals surface area contributed by atoms with Crippen molar-refractivity contribution in [2.24, 2.45) is 5.73 Å². The van der Waals surface area contributed by atoms with Gasteiger partial charge in [-0.3, -0.25) is 0 Å². The average molecular weight is 283 g/mol. The van der Waals surface area contributed by atoms with Gasteiger partial charge in [-0.25, -0.2) is 9.07 Å². The number of benzene rings is 1. The first-order valence-corrected chi connectivity index (χ1v) is 6.61. The molecule has 0 aliphatic heterocycles. The molecule has 1 unspecified atom stereocenters. The van der Waals surface area contributed by atoms with E-state index < -0.39 is 5.82 Å². The van der Waals surface area contributed by atoms with Gasteiger partial charge in [0.2, 0.25) is 0 Å². The van der Waals surface area contributed by atoms with Crippen LogP contribution in [-0.2, 0) is 6.42 Å². The molecule has 0 amide bonds. The Bertz CT molecular complexity index is 562. The molecule has 0 spiro atoms. The van der Waals surface area contributed by atoms with E-state index in [9.17, 15) is 4.39 Å². The molecule has 4 nitrogen and oxygen atoms in total. The number of nitrogens with zero attached hydrogens (tertiary/aromatic N) is 3. The van der Waals surface area contributed by atoms with Gasteiger partial charge in [0.1, 0.15) is 11.5 Å². The van der Waals surface area contributed by atoms with Crippen LogP contribution >= 0.6 is 11.6 Å². The molecule has 0 aliphatic carbocycles. The normalized spacial score (nSPS) is 12.7. The summed E-state index contributed by atoms with van der Waals surface area (Å²) in [6.45, 7) is 3.98. The number of aromatic nitrogens is 3. The van der Waals surface area contributed by atoms with Gasteiger partial charge in [-0.2, -0.15) is 0 Å². The Balaban J connectivity index is 2.53. The Morgan fingerprint density at radius 2 is 2.11 bits per heavy atom. The maximum absolute atomic E-state index is 13.4. The standard InChI is InChI=1S/C13H16ClFN4/c1-3-11(16)13-12(4-2)19(18-17-13)10-6-8(14)5-9(15)7-10/h5-7,11H,3-4,16H2,1-2H3. The molecule has 6 heteroatoms. The Morgan fingerprint density at radius 1 is 1.37 bits per heavy atom. The molecular formula is C13H16ClFN4. The number of hydrogen-bond donors (Lipinski definition) is 1. The van der Waals surface area contributed by atoms with Gasteiger partial charge in [0.15, 0.2) is 0 Å². The smallest absolute Gasteiger partial charge is 0.126 e. The minimum absolute atomic E-state index is 0.160. The van der Waals surface area contributed by atoms with Crippen molar-refractivity contribution in [3.8, 4) is 5.69 Å². The van der Waals surface area contributed by atoms with E-state index in [1.165, 1.54) is 12.1 Å². The number of nitrogens with two attached hydrogens (primary N) is 1. The molecule has 0 bridgehead atoms. The minimum atomic E-state index is -0.401. The molecule has 19 heavy (non-hydrogen) atoms. The fourth-order valence-electron chi connectivity index (χ4n) is 1.99. The van der Waals surface area contributed by atoms with E-state index in [1.807, 2.05) is 13.8 Å². The topological polar surface area (TPSA) is 56.7 Å². The summed E-state index contributed by atoms with van der Waals surface area (Å²) in [5.41, 5.74) is 8.21. The monoisotopic (exact) mass is 282 g/mol. The van der Waals surface area contributed by atoms with E-state index in [4.69, 9.17) is 17.3 Å². The molecule has 1 aromatic carbocycles. The predicted molar refractivity (Wildman–Crippen MR) is 72.9 cm³/mol. The van der Waals surface area contributed by atoms with Crippen molar-refractivity contribution in [2.45, 2.75) is 32.7 Å². The lowest BCUT2D eigenvalue weighted by atomic mass is 10.1. The van der Waals surface area contributed by atoms with E-state index in [2.05, 4.69) is 10.3 Å². The van der Waals surface area contributed by atoms with Gasteiger partial charge in [0.25, 0.3) is 0 Å². The SMILES string of the molecule is CCc1c(C(N)CC)nnn1-c1cc(F)cc(Cl)c1. The van der Waals surface area contributed by atoms with E-state index in [-0.39, 0.29) is 6.04 Å². The van der Waals surface area contributed by atoms with Crippen LogP contribution < -0.4 is 5.73 Å². The third-order valence-corrected chi connectivity index (χ3v) is 3.23. The van der Waals surface area contributed by atoms with Gasteiger partial charge in [-0.1, -0.05) is 30.7 Å². The summed E-state index contributed by atoms with van der Waals surface area (Å²) in [6, 6.07) is 4.13. The molecule has 2 aromatic rings. The second-order valence-electron chi connectivity index (χ2n) is 4.33. The molecule has 0 saturated carbocycles. The van der Waals surface area contributed by atoms with Crippen LogP contribution in [0.3, 0.4) is 0 Å². The van der Waals surface area contributed by atoms with E-state index in [0.717, 1.165) is 17.8 Å². The number of halogens is 2. The van der Waals surface area contributed by atoms with Gasteiger partial charge < -0.3 is 5.73 Å². The Hall–Kier alpha value is -1.46. The first kappa shape index (κ1) is 14.0. The molecule has 102 valence electrons. The zero-order valence-corrected chi connectivity index (χ0v) is 11.7. The lowest BCUT2D eigenvalue weighted by molar-refractivity contribution is 0.624. The molecule has 0 fully saturated rings. The van der Waals surface area contributed by atoms with Crippen LogP contribution in [0, 0.1) is 5.82 Å². The summed E-state index contributed by atoms with van der Waals surface area (Å²) in [7, 11) is 0.